The summed E-state index contributed by atoms with van der Waals surface area (Å²) >= 11 is 0. The monoisotopic (exact) mass is 363 g/mol. The third-order valence-corrected chi connectivity index (χ3v) is 4.58. The van der Waals surface area contributed by atoms with E-state index in [1.165, 1.54) is 6.21 Å². The van der Waals surface area contributed by atoms with E-state index < -0.39 is 17.1 Å². The lowest BCUT2D eigenvalue weighted by atomic mass is 10.1. The summed E-state index contributed by atoms with van der Waals surface area (Å²) in [4.78, 5) is 31.1. The van der Waals surface area contributed by atoms with Crippen LogP contribution in [0.3, 0.4) is 0 Å². The van der Waals surface area contributed by atoms with E-state index in [1.54, 1.807) is 12.1 Å². The summed E-state index contributed by atoms with van der Waals surface area (Å²) in [7, 11) is 0. The zero-order valence-corrected chi connectivity index (χ0v) is 15.4. The SMILES string of the molecule is Cc1ccc(-n2c(O)c(C=N[C@@H](C)c3ccccc3)c(=O)[nH]c2=O)cc1C. The smallest absolute Gasteiger partial charge is 0.335 e. The third-order valence-electron chi connectivity index (χ3n) is 4.58. The summed E-state index contributed by atoms with van der Waals surface area (Å²) in [6.07, 6.45) is 1.31. The van der Waals surface area contributed by atoms with Crippen LogP contribution in [0.4, 0.5) is 0 Å². The minimum atomic E-state index is -0.700. The largest absolute Gasteiger partial charge is 0.493 e. The molecule has 27 heavy (non-hydrogen) atoms. The van der Waals surface area contributed by atoms with E-state index in [9.17, 15) is 14.7 Å². The maximum Gasteiger partial charge on any atom is 0.335 e. The zero-order chi connectivity index (χ0) is 19.6. The van der Waals surface area contributed by atoms with Gasteiger partial charge in [-0.3, -0.25) is 14.8 Å². The van der Waals surface area contributed by atoms with Crippen LogP contribution in [0.15, 0.2) is 63.1 Å². The summed E-state index contributed by atoms with van der Waals surface area (Å²) in [5.41, 5.74) is 2.05. The Morgan fingerprint density at radius 1 is 1.07 bits per heavy atom. The summed E-state index contributed by atoms with van der Waals surface area (Å²) in [5.74, 6) is -0.434. The normalized spacial score (nSPS) is 12.4. The van der Waals surface area contributed by atoms with Gasteiger partial charge in [-0.15, -0.1) is 0 Å². The highest BCUT2D eigenvalue weighted by atomic mass is 16.3. The van der Waals surface area contributed by atoms with Gasteiger partial charge >= 0.3 is 5.69 Å². The van der Waals surface area contributed by atoms with Crippen molar-refractivity contribution in [3.63, 3.8) is 0 Å². The molecule has 1 atom stereocenters. The van der Waals surface area contributed by atoms with Crippen LogP contribution in [0, 0.1) is 13.8 Å². The highest BCUT2D eigenvalue weighted by Gasteiger charge is 2.15. The molecular weight excluding hydrogens is 342 g/mol. The molecule has 0 radical (unpaired) electrons. The Morgan fingerprint density at radius 3 is 2.44 bits per heavy atom. The van der Waals surface area contributed by atoms with Gasteiger partial charge in [0.05, 0.1) is 11.7 Å². The number of benzene rings is 2. The summed E-state index contributed by atoms with van der Waals surface area (Å²) in [5, 5.41) is 10.6. The quantitative estimate of drug-likeness (QED) is 0.699. The molecule has 1 heterocycles. The minimum absolute atomic E-state index is 0.0596. The molecule has 3 rings (SSSR count). The second-order valence-corrected chi connectivity index (χ2v) is 6.47. The van der Waals surface area contributed by atoms with Crippen molar-refractivity contribution in [1.82, 2.24) is 9.55 Å². The molecular formula is C21H21N3O3. The number of aryl methyl sites for hydroxylation is 2. The van der Waals surface area contributed by atoms with Crippen molar-refractivity contribution in [3.05, 3.63) is 91.6 Å². The molecule has 3 aromatic rings. The van der Waals surface area contributed by atoms with Gasteiger partial charge in [-0.25, -0.2) is 9.36 Å². The Labute approximate surface area is 156 Å². The first-order valence-electron chi connectivity index (χ1n) is 8.62. The fourth-order valence-corrected chi connectivity index (χ4v) is 2.76. The van der Waals surface area contributed by atoms with E-state index in [4.69, 9.17) is 0 Å². The van der Waals surface area contributed by atoms with Crippen LogP contribution < -0.4 is 11.2 Å². The predicted molar refractivity (Wildman–Crippen MR) is 106 cm³/mol. The molecule has 0 spiro atoms. The van der Waals surface area contributed by atoms with Crippen LogP contribution in [-0.4, -0.2) is 20.9 Å². The van der Waals surface area contributed by atoms with Crippen molar-refractivity contribution in [3.8, 4) is 11.6 Å². The van der Waals surface area contributed by atoms with Gasteiger partial charge in [-0.05, 0) is 49.6 Å². The highest BCUT2D eigenvalue weighted by molar-refractivity contribution is 5.82. The van der Waals surface area contributed by atoms with Crippen LogP contribution in [0.5, 0.6) is 5.88 Å². The summed E-state index contributed by atoms with van der Waals surface area (Å²) in [6.45, 7) is 5.75. The predicted octanol–water partition coefficient (Wildman–Crippen LogP) is 3.03. The van der Waals surface area contributed by atoms with Crippen molar-refractivity contribution in [2.75, 3.05) is 0 Å². The van der Waals surface area contributed by atoms with E-state index in [0.717, 1.165) is 21.3 Å². The molecule has 0 saturated heterocycles. The molecule has 138 valence electrons. The average Bonchev–Trinajstić information content (AvgIpc) is 2.64. The van der Waals surface area contributed by atoms with Crippen LogP contribution in [-0.2, 0) is 0 Å². The van der Waals surface area contributed by atoms with Gasteiger partial charge in [-0.2, -0.15) is 0 Å². The first-order chi connectivity index (χ1) is 12.9. The van der Waals surface area contributed by atoms with E-state index >= 15 is 0 Å². The molecule has 0 unspecified atom stereocenters. The number of aromatic hydroxyl groups is 1. The van der Waals surface area contributed by atoms with Gasteiger partial charge in [0.2, 0.25) is 5.88 Å². The zero-order valence-electron chi connectivity index (χ0n) is 15.4. The fourth-order valence-electron chi connectivity index (χ4n) is 2.76. The molecule has 1 aromatic heterocycles. The molecule has 0 aliphatic heterocycles. The van der Waals surface area contributed by atoms with Gasteiger partial charge in [0, 0.05) is 6.21 Å². The lowest BCUT2D eigenvalue weighted by molar-refractivity contribution is 0.430. The van der Waals surface area contributed by atoms with Gasteiger partial charge < -0.3 is 5.11 Å². The number of aromatic nitrogens is 2. The Morgan fingerprint density at radius 2 is 1.78 bits per heavy atom. The second-order valence-electron chi connectivity index (χ2n) is 6.47. The topological polar surface area (TPSA) is 87.4 Å². The number of hydrogen-bond acceptors (Lipinski definition) is 4. The lowest BCUT2D eigenvalue weighted by Crippen LogP contribution is -2.31. The number of hydrogen-bond donors (Lipinski definition) is 2. The van der Waals surface area contributed by atoms with E-state index in [2.05, 4.69) is 9.98 Å². The molecule has 0 fully saturated rings. The maximum absolute atomic E-state index is 12.3. The molecule has 0 aliphatic rings. The Kier molecular flexibility index (Phi) is 5.07. The number of rotatable bonds is 4. The third kappa shape index (κ3) is 3.74. The molecule has 6 nitrogen and oxygen atoms in total. The molecule has 6 heteroatoms. The summed E-state index contributed by atoms with van der Waals surface area (Å²) < 4.78 is 1.07. The number of nitrogens with zero attached hydrogens (tertiary/aromatic N) is 2. The maximum atomic E-state index is 12.3. The van der Waals surface area contributed by atoms with Crippen LogP contribution >= 0.6 is 0 Å². The molecule has 2 N–H and O–H groups in total. The minimum Gasteiger partial charge on any atom is -0.493 e. The average molecular weight is 363 g/mol. The van der Waals surface area contributed by atoms with Gasteiger partial charge in [0.15, 0.2) is 0 Å². The van der Waals surface area contributed by atoms with E-state index in [0.29, 0.717) is 5.69 Å². The molecule has 0 saturated carbocycles. The van der Waals surface area contributed by atoms with Crippen LogP contribution in [0.2, 0.25) is 0 Å². The van der Waals surface area contributed by atoms with Gasteiger partial charge in [0.1, 0.15) is 5.56 Å². The van der Waals surface area contributed by atoms with Crippen molar-refractivity contribution in [1.29, 1.82) is 0 Å². The first kappa shape index (κ1) is 18.4. The molecule has 0 aliphatic carbocycles. The van der Waals surface area contributed by atoms with Crippen LogP contribution in [0.1, 0.15) is 35.2 Å². The highest BCUT2D eigenvalue weighted by Crippen LogP contribution is 2.20. The first-order valence-corrected chi connectivity index (χ1v) is 8.62. The molecule has 0 bridgehead atoms. The number of aromatic amines is 1. The van der Waals surface area contributed by atoms with Crippen LogP contribution in [0.25, 0.3) is 5.69 Å². The summed E-state index contributed by atoms with van der Waals surface area (Å²) in [6, 6.07) is 14.7. The standard InChI is InChI=1S/C21H21N3O3/c1-13-9-10-17(11-14(13)2)24-20(26)18(19(25)23-21(24)27)12-22-15(3)16-7-5-4-6-8-16/h4-12,15,26H,1-3H3,(H,23,25,27)/t15-/m0/s1. The van der Waals surface area contributed by atoms with Crippen molar-refractivity contribution < 1.29 is 5.11 Å². The molecule has 2 aromatic carbocycles. The second kappa shape index (κ2) is 7.45. The number of H-pyrrole nitrogens is 1. The molecule has 0 amide bonds. The number of nitrogens with one attached hydrogen (secondary N) is 1. The van der Waals surface area contributed by atoms with E-state index in [1.807, 2.05) is 57.2 Å². The van der Waals surface area contributed by atoms with Crippen molar-refractivity contribution in [2.24, 2.45) is 4.99 Å². The van der Waals surface area contributed by atoms with Gasteiger partial charge in [0.25, 0.3) is 5.56 Å². The Bertz CT molecular complexity index is 1110. The lowest BCUT2D eigenvalue weighted by Gasteiger charge is -2.12. The van der Waals surface area contributed by atoms with Gasteiger partial charge in [-0.1, -0.05) is 36.4 Å². The van der Waals surface area contributed by atoms with Crippen molar-refractivity contribution in [2.45, 2.75) is 26.8 Å². The Balaban J connectivity index is 2.07. The van der Waals surface area contributed by atoms with E-state index in [-0.39, 0.29) is 11.6 Å². The fraction of sp³-hybridized carbons (Fsp3) is 0.190. The number of aliphatic imine (C=N–C) groups is 1. The van der Waals surface area contributed by atoms with Crippen molar-refractivity contribution >= 4 is 6.21 Å². The Hall–Kier alpha value is -3.41.